The molecule has 1 fully saturated rings. The first-order valence-corrected chi connectivity index (χ1v) is 10.7. The number of rotatable bonds is 8. The standard InChI is InChI=1S/C18H24N2O7S/c1-3-20(14-8-9-28(24,25)12-14)16(21)11-27-17(22)10-19-18(23)13-4-6-15(26-2)7-5-13/h4-7,14H,3,8-12H2,1-2H3,(H,19,23)/t14-/m1/s1. The largest absolute Gasteiger partial charge is 0.497 e. The number of sulfone groups is 1. The molecule has 0 radical (unpaired) electrons. The molecule has 1 heterocycles. The van der Waals surface area contributed by atoms with Gasteiger partial charge in [-0.2, -0.15) is 0 Å². The maximum atomic E-state index is 12.3. The Morgan fingerprint density at radius 3 is 2.43 bits per heavy atom. The van der Waals surface area contributed by atoms with Crippen LogP contribution in [-0.2, 0) is 24.2 Å². The molecule has 154 valence electrons. The number of hydrogen-bond acceptors (Lipinski definition) is 7. The summed E-state index contributed by atoms with van der Waals surface area (Å²) in [4.78, 5) is 37.4. The monoisotopic (exact) mass is 412 g/mol. The number of methoxy groups -OCH3 is 1. The number of likely N-dealkylation sites (N-methyl/N-ethyl adjacent to an activating group) is 1. The molecule has 1 aliphatic rings. The van der Waals surface area contributed by atoms with Gasteiger partial charge in [-0.15, -0.1) is 0 Å². The third-order valence-corrected chi connectivity index (χ3v) is 6.16. The van der Waals surface area contributed by atoms with Crippen LogP contribution in [0.4, 0.5) is 0 Å². The van der Waals surface area contributed by atoms with Crippen molar-refractivity contribution < 1.29 is 32.3 Å². The number of carbonyl (C=O) groups is 3. The van der Waals surface area contributed by atoms with E-state index in [1.54, 1.807) is 31.2 Å². The summed E-state index contributed by atoms with van der Waals surface area (Å²) < 4.78 is 33.1. The first-order chi connectivity index (χ1) is 13.3. The number of amides is 2. The van der Waals surface area contributed by atoms with Gasteiger partial charge in [-0.05, 0) is 37.6 Å². The van der Waals surface area contributed by atoms with Crippen molar-refractivity contribution in [1.29, 1.82) is 0 Å². The van der Waals surface area contributed by atoms with E-state index in [1.807, 2.05) is 0 Å². The zero-order valence-electron chi connectivity index (χ0n) is 15.8. The minimum Gasteiger partial charge on any atom is -0.497 e. The minimum atomic E-state index is -3.12. The molecule has 0 unspecified atom stereocenters. The van der Waals surface area contributed by atoms with E-state index >= 15 is 0 Å². The molecule has 0 bridgehead atoms. The molecule has 2 rings (SSSR count). The average molecular weight is 412 g/mol. The summed E-state index contributed by atoms with van der Waals surface area (Å²) in [6.45, 7) is 1.17. The number of esters is 1. The first-order valence-electron chi connectivity index (χ1n) is 8.83. The molecule has 10 heteroatoms. The maximum absolute atomic E-state index is 12.3. The fourth-order valence-corrected chi connectivity index (χ4v) is 4.66. The summed E-state index contributed by atoms with van der Waals surface area (Å²) in [5.74, 6) is -1.09. The quantitative estimate of drug-likeness (QED) is 0.597. The van der Waals surface area contributed by atoms with Crippen LogP contribution in [0.3, 0.4) is 0 Å². The number of carbonyl (C=O) groups excluding carboxylic acids is 3. The average Bonchev–Trinajstić information content (AvgIpc) is 3.04. The summed E-state index contributed by atoms with van der Waals surface area (Å²) in [6, 6.07) is 5.95. The molecular weight excluding hydrogens is 388 g/mol. The van der Waals surface area contributed by atoms with Crippen LogP contribution in [0, 0.1) is 0 Å². The van der Waals surface area contributed by atoms with Gasteiger partial charge in [0.1, 0.15) is 12.3 Å². The van der Waals surface area contributed by atoms with Crippen LogP contribution >= 0.6 is 0 Å². The van der Waals surface area contributed by atoms with Gasteiger partial charge < -0.3 is 19.7 Å². The van der Waals surface area contributed by atoms with Crippen molar-refractivity contribution in [3.8, 4) is 5.75 Å². The number of nitrogens with one attached hydrogen (secondary N) is 1. The molecule has 1 atom stereocenters. The highest BCUT2D eigenvalue weighted by Gasteiger charge is 2.34. The van der Waals surface area contributed by atoms with Crippen molar-refractivity contribution in [3.05, 3.63) is 29.8 Å². The number of benzene rings is 1. The summed E-state index contributed by atoms with van der Waals surface area (Å²) in [6.07, 6.45) is 0.383. The number of nitrogens with zero attached hydrogens (tertiary/aromatic N) is 1. The highest BCUT2D eigenvalue weighted by Crippen LogP contribution is 2.17. The highest BCUT2D eigenvalue weighted by atomic mass is 32.2. The van der Waals surface area contributed by atoms with E-state index in [0.29, 0.717) is 24.3 Å². The molecule has 28 heavy (non-hydrogen) atoms. The summed E-state index contributed by atoms with van der Waals surface area (Å²) in [5.41, 5.74) is 0.351. The van der Waals surface area contributed by atoms with Gasteiger partial charge in [-0.3, -0.25) is 14.4 Å². The van der Waals surface area contributed by atoms with E-state index < -0.39 is 40.3 Å². The van der Waals surface area contributed by atoms with Gasteiger partial charge >= 0.3 is 5.97 Å². The SMILES string of the molecule is CCN(C(=O)COC(=O)CNC(=O)c1ccc(OC)cc1)[C@@H]1CCS(=O)(=O)C1. The van der Waals surface area contributed by atoms with Crippen LogP contribution in [0.25, 0.3) is 0 Å². The third-order valence-electron chi connectivity index (χ3n) is 4.41. The van der Waals surface area contributed by atoms with E-state index in [4.69, 9.17) is 9.47 Å². The number of ether oxygens (including phenoxy) is 2. The molecule has 1 aromatic rings. The molecule has 2 amide bonds. The van der Waals surface area contributed by atoms with Crippen LogP contribution in [0.2, 0.25) is 0 Å². The minimum absolute atomic E-state index is 0.0542. The fraction of sp³-hybridized carbons (Fsp3) is 0.500. The summed E-state index contributed by atoms with van der Waals surface area (Å²) >= 11 is 0. The van der Waals surface area contributed by atoms with Crippen molar-refractivity contribution in [3.63, 3.8) is 0 Å². The lowest BCUT2D eigenvalue weighted by atomic mass is 10.2. The lowest BCUT2D eigenvalue weighted by molar-refractivity contribution is -0.151. The van der Waals surface area contributed by atoms with Gasteiger partial charge in [0.15, 0.2) is 16.4 Å². The summed E-state index contributed by atoms with van der Waals surface area (Å²) in [5, 5.41) is 2.41. The van der Waals surface area contributed by atoms with E-state index in [1.165, 1.54) is 12.0 Å². The molecule has 1 saturated heterocycles. The molecule has 0 spiro atoms. The predicted molar refractivity (Wildman–Crippen MR) is 101 cm³/mol. The van der Waals surface area contributed by atoms with Crippen molar-refractivity contribution in [2.45, 2.75) is 19.4 Å². The van der Waals surface area contributed by atoms with Gasteiger partial charge in [0, 0.05) is 18.2 Å². The lowest BCUT2D eigenvalue weighted by Crippen LogP contribution is -2.43. The zero-order valence-corrected chi connectivity index (χ0v) is 16.7. The van der Waals surface area contributed by atoms with Crippen molar-refractivity contribution >= 4 is 27.6 Å². The lowest BCUT2D eigenvalue weighted by Gasteiger charge is -2.26. The van der Waals surface area contributed by atoms with Crippen LogP contribution < -0.4 is 10.1 Å². The predicted octanol–water partition coefficient (Wildman–Crippen LogP) is 0.00380. The normalized spacial score (nSPS) is 17.6. The van der Waals surface area contributed by atoms with Crippen LogP contribution in [0.15, 0.2) is 24.3 Å². The van der Waals surface area contributed by atoms with E-state index in [2.05, 4.69) is 5.32 Å². The molecule has 0 aromatic heterocycles. The van der Waals surface area contributed by atoms with Crippen LogP contribution in [0.1, 0.15) is 23.7 Å². The van der Waals surface area contributed by atoms with Crippen molar-refractivity contribution in [1.82, 2.24) is 10.2 Å². The molecule has 1 N–H and O–H groups in total. The van der Waals surface area contributed by atoms with E-state index in [9.17, 15) is 22.8 Å². The Bertz CT molecular complexity index is 821. The molecule has 1 aliphatic heterocycles. The van der Waals surface area contributed by atoms with Crippen LogP contribution in [0.5, 0.6) is 5.75 Å². The Morgan fingerprint density at radius 1 is 1.21 bits per heavy atom. The van der Waals surface area contributed by atoms with Gasteiger partial charge in [-0.25, -0.2) is 8.42 Å². The van der Waals surface area contributed by atoms with Crippen LogP contribution in [-0.4, -0.2) is 75.5 Å². The first kappa shape index (κ1) is 21.7. The van der Waals surface area contributed by atoms with Gasteiger partial charge in [0.25, 0.3) is 11.8 Å². The smallest absolute Gasteiger partial charge is 0.325 e. The molecule has 0 saturated carbocycles. The van der Waals surface area contributed by atoms with Gasteiger partial charge in [-0.1, -0.05) is 0 Å². The van der Waals surface area contributed by atoms with Gasteiger partial charge in [0.05, 0.1) is 18.6 Å². The Labute approximate surface area is 163 Å². The second-order valence-electron chi connectivity index (χ2n) is 6.31. The zero-order chi connectivity index (χ0) is 20.7. The maximum Gasteiger partial charge on any atom is 0.325 e. The Balaban J connectivity index is 1.77. The van der Waals surface area contributed by atoms with Gasteiger partial charge in [0.2, 0.25) is 0 Å². The molecule has 1 aromatic carbocycles. The second kappa shape index (κ2) is 9.54. The molecule has 0 aliphatic carbocycles. The van der Waals surface area contributed by atoms with Crippen molar-refractivity contribution in [2.75, 3.05) is 38.3 Å². The third kappa shape index (κ3) is 5.95. The second-order valence-corrected chi connectivity index (χ2v) is 8.54. The number of hydrogen-bond donors (Lipinski definition) is 1. The van der Waals surface area contributed by atoms with E-state index in [-0.39, 0.29) is 18.1 Å². The van der Waals surface area contributed by atoms with E-state index in [0.717, 1.165) is 0 Å². The Hall–Kier alpha value is -2.62. The highest BCUT2D eigenvalue weighted by molar-refractivity contribution is 7.91. The summed E-state index contributed by atoms with van der Waals surface area (Å²) in [7, 11) is -1.61. The molecule has 9 nitrogen and oxygen atoms in total. The molecular formula is C18H24N2O7S. The Morgan fingerprint density at radius 2 is 1.89 bits per heavy atom. The fourth-order valence-electron chi connectivity index (χ4n) is 2.93. The van der Waals surface area contributed by atoms with Crippen molar-refractivity contribution in [2.24, 2.45) is 0 Å². The Kier molecular flexibility index (Phi) is 7.38. The topological polar surface area (TPSA) is 119 Å².